The molecule has 2 atom stereocenters. The fraction of sp³-hybridized carbons (Fsp3) is 0.812. The molecule has 1 aromatic heterocycles. The van der Waals surface area contributed by atoms with Gasteiger partial charge >= 0.3 is 0 Å². The zero-order valence-electron chi connectivity index (χ0n) is 13.5. The molecule has 0 bridgehead atoms. The van der Waals surface area contributed by atoms with Crippen LogP contribution in [0.1, 0.15) is 69.6 Å². The van der Waals surface area contributed by atoms with E-state index in [1.165, 1.54) is 12.8 Å². The minimum Gasteiger partial charge on any atom is -0.332 e. The van der Waals surface area contributed by atoms with Gasteiger partial charge in [-0.15, -0.1) is 10.2 Å². The Morgan fingerprint density at radius 3 is 2.91 bits per heavy atom. The minimum absolute atomic E-state index is 0.0769. The van der Waals surface area contributed by atoms with Gasteiger partial charge in [0.25, 0.3) is 0 Å². The quantitative estimate of drug-likeness (QED) is 0.920. The lowest BCUT2D eigenvalue weighted by atomic mass is 9.99. The Balaban J connectivity index is 1.77. The molecule has 2 aliphatic heterocycles. The lowest BCUT2D eigenvalue weighted by Gasteiger charge is -2.36. The molecule has 1 fully saturated rings. The van der Waals surface area contributed by atoms with Crippen LogP contribution in [0.15, 0.2) is 0 Å². The first-order valence-corrected chi connectivity index (χ1v) is 8.64. The Kier molecular flexibility index (Phi) is 4.76. The van der Waals surface area contributed by atoms with Crippen molar-refractivity contribution in [1.29, 1.82) is 0 Å². The van der Waals surface area contributed by atoms with Crippen LogP contribution in [0.25, 0.3) is 0 Å². The SMILES string of the molecule is CC(N)CCC(=O)N1CCCCC1c1nnc2n1CCCC2. The lowest BCUT2D eigenvalue weighted by molar-refractivity contribution is -0.135. The number of rotatable bonds is 4. The summed E-state index contributed by atoms with van der Waals surface area (Å²) < 4.78 is 2.26. The number of aromatic nitrogens is 3. The number of amides is 1. The van der Waals surface area contributed by atoms with Crippen LogP contribution in [-0.4, -0.2) is 38.2 Å². The van der Waals surface area contributed by atoms with Gasteiger partial charge in [-0.25, -0.2) is 0 Å². The molecule has 6 nitrogen and oxygen atoms in total. The molecule has 6 heteroatoms. The van der Waals surface area contributed by atoms with E-state index in [4.69, 9.17) is 5.73 Å². The van der Waals surface area contributed by atoms with Crippen LogP contribution in [0.5, 0.6) is 0 Å². The van der Waals surface area contributed by atoms with E-state index in [1.807, 2.05) is 11.8 Å². The number of piperidine rings is 1. The molecule has 2 N–H and O–H groups in total. The van der Waals surface area contributed by atoms with Gasteiger partial charge in [0.15, 0.2) is 5.82 Å². The summed E-state index contributed by atoms with van der Waals surface area (Å²) >= 11 is 0. The third kappa shape index (κ3) is 3.16. The van der Waals surface area contributed by atoms with Gasteiger partial charge in [0.2, 0.25) is 5.91 Å². The van der Waals surface area contributed by atoms with Crippen molar-refractivity contribution >= 4 is 5.91 Å². The summed E-state index contributed by atoms with van der Waals surface area (Å²) in [4.78, 5) is 14.6. The number of nitrogens with two attached hydrogens (primary N) is 1. The molecule has 0 radical (unpaired) electrons. The Morgan fingerprint density at radius 1 is 1.27 bits per heavy atom. The fourth-order valence-electron chi connectivity index (χ4n) is 3.57. The largest absolute Gasteiger partial charge is 0.332 e. The second-order valence-electron chi connectivity index (χ2n) is 6.70. The molecule has 2 aliphatic rings. The Labute approximate surface area is 132 Å². The van der Waals surface area contributed by atoms with E-state index in [-0.39, 0.29) is 18.0 Å². The Morgan fingerprint density at radius 2 is 2.09 bits per heavy atom. The zero-order valence-corrected chi connectivity index (χ0v) is 13.5. The maximum absolute atomic E-state index is 12.6. The lowest BCUT2D eigenvalue weighted by Crippen LogP contribution is -2.40. The van der Waals surface area contributed by atoms with Crippen molar-refractivity contribution < 1.29 is 4.79 Å². The van der Waals surface area contributed by atoms with Gasteiger partial charge in [0, 0.05) is 32.0 Å². The molecule has 0 spiro atoms. The van der Waals surface area contributed by atoms with E-state index in [0.29, 0.717) is 6.42 Å². The van der Waals surface area contributed by atoms with Crippen molar-refractivity contribution in [2.75, 3.05) is 6.54 Å². The highest BCUT2D eigenvalue weighted by atomic mass is 16.2. The third-order valence-electron chi connectivity index (χ3n) is 4.82. The average molecular weight is 305 g/mol. The number of hydrogen-bond acceptors (Lipinski definition) is 4. The van der Waals surface area contributed by atoms with E-state index < -0.39 is 0 Å². The number of nitrogens with zero attached hydrogens (tertiary/aromatic N) is 4. The predicted molar refractivity (Wildman–Crippen MR) is 84.1 cm³/mol. The number of likely N-dealkylation sites (tertiary alicyclic amines) is 1. The number of carbonyl (C=O) groups is 1. The topological polar surface area (TPSA) is 77.0 Å². The van der Waals surface area contributed by atoms with Crippen molar-refractivity contribution in [3.63, 3.8) is 0 Å². The molecule has 2 unspecified atom stereocenters. The Hall–Kier alpha value is -1.43. The van der Waals surface area contributed by atoms with Crippen LogP contribution in [0.2, 0.25) is 0 Å². The number of hydrogen-bond donors (Lipinski definition) is 1. The molecule has 0 saturated carbocycles. The van der Waals surface area contributed by atoms with Crippen LogP contribution in [-0.2, 0) is 17.8 Å². The molecule has 122 valence electrons. The second kappa shape index (κ2) is 6.77. The van der Waals surface area contributed by atoms with E-state index in [0.717, 1.165) is 56.8 Å². The summed E-state index contributed by atoms with van der Waals surface area (Å²) in [5.74, 6) is 2.31. The van der Waals surface area contributed by atoms with Crippen LogP contribution in [0, 0.1) is 0 Å². The van der Waals surface area contributed by atoms with Crippen molar-refractivity contribution in [1.82, 2.24) is 19.7 Å². The van der Waals surface area contributed by atoms with Crippen molar-refractivity contribution in [2.45, 2.75) is 76.9 Å². The van der Waals surface area contributed by atoms with E-state index in [9.17, 15) is 4.79 Å². The van der Waals surface area contributed by atoms with Gasteiger partial charge in [-0.2, -0.15) is 0 Å². The number of carbonyl (C=O) groups excluding carboxylic acids is 1. The molecule has 22 heavy (non-hydrogen) atoms. The summed E-state index contributed by atoms with van der Waals surface area (Å²) in [6, 6.07) is 0.182. The van der Waals surface area contributed by atoms with Gasteiger partial charge in [-0.3, -0.25) is 4.79 Å². The first kappa shape index (κ1) is 15.5. The van der Waals surface area contributed by atoms with Gasteiger partial charge in [-0.1, -0.05) is 0 Å². The highest BCUT2D eigenvalue weighted by Crippen LogP contribution is 2.32. The molecule has 3 heterocycles. The zero-order chi connectivity index (χ0) is 15.5. The summed E-state index contributed by atoms with van der Waals surface area (Å²) in [5.41, 5.74) is 5.79. The third-order valence-corrected chi connectivity index (χ3v) is 4.82. The maximum Gasteiger partial charge on any atom is 0.223 e. The van der Waals surface area contributed by atoms with Gasteiger partial charge in [0.05, 0.1) is 6.04 Å². The first-order chi connectivity index (χ1) is 10.7. The van der Waals surface area contributed by atoms with Gasteiger partial charge < -0.3 is 15.2 Å². The van der Waals surface area contributed by atoms with Gasteiger partial charge in [-0.05, 0) is 45.4 Å². The molecule has 0 aromatic carbocycles. The monoisotopic (exact) mass is 305 g/mol. The molecule has 1 saturated heterocycles. The van der Waals surface area contributed by atoms with Crippen LogP contribution < -0.4 is 5.73 Å². The normalized spacial score (nSPS) is 23.2. The molecule has 3 rings (SSSR count). The number of fused-ring (bicyclic) bond motifs is 1. The summed E-state index contributed by atoms with van der Waals surface area (Å²) in [6.45, 7) is 3.79. The van der Waals surface area contributed by atoms with E-state index >= 15 is 0 Å². The van der Waals surface area contributed by atoms with Crippen LogP contribution >= 0.6 is 0 Å². The molecule has 1 amide bonds. The fourth-order valence-corrected chi connectivity index (χ4v) is 3.57. The summed E-state index contributed by atoms with van der Waals surface area (Å²) in [7, 11) is 0. The van der Waals surface area contributed by atoms with E-state index in [2.05, 4.69) is 14.8 Å². The number of aryl methyl sites for hydroxylation is 1. The van der Waals surface area contributed by atoms with Crippen molar-refractivity contribution in [2.24, 2.45) is 5.73 Å². The van der Waals surface area contributed by atoms with Gasteiger partial charge in [0.1, 0.15) is 5.82 Å². The van der Waals surface area contributed by atoms with Crippen LogP contribution in [0.3, 0.4) is 0 Å². The predicted octanol–water partition coefficient (Wildman–Crippen LogP) is 1.80. The Bertz CT molecular complexity index is 525. The first-order valence-electron chi connectivity index (χ1n) is 8.64. The molecular weight excluding hydrogens is 278 g/mol. The summed E-state index contributed by atoms with van der Waals surface area (Å²) in [5, 5.41) is 8.80. The molecule has 0 aliphatic carbocycles. The van der Waals surface area contributed by atoms with Crippen molar-refractivity contribution in [3.05, 3.63) is 11.6 Å². The highest BCUT2D eigenvalue weighted by Gasteiger charge is 2.32. The van der Waals surface area contributed by atoms with E-state index in [1.54, 1.807) is 0 Å². The molecular formula is C16H27N5O. The average Bonchev–Trinajstić information content (AvgIpc) is 2.96. The van der Waals surface area contributed by atoms with Crippen LogP contribution in [0.4, 0.5) is 0 Å². The smallest absolute Gasteiger partial charge is 0.223 e. The minimum atomic E-state index is 0.0769. The highest BCUT2D eigenvalue weighted by molar-refractivity contribution is 5.76. The summed E-state index contributed by atoms with van der Waals surface area (Å²) in [6.07, 6.45) is 7.92. The molecule has 1 aromatic rings. The maximum atomic E-state index is 12.6. The second-order valence-corrected chi connectivity index (χ2v) is 6.70. The van der Waals surface area contributed by atoms with Crippen molar-refractivity contribution in [3.8, 4) is 0 Å². The standard InChI is InChI=1S/C16H27N5O/c1-12(17)8-9-15(22)20-10-4-2-6-13(20)16-19-18-14-7-3-5-11-21(14)16/h12-13H,2-11,17H2,1H3.